The molecule has 0 saturated heterocycles. The zero-order valence-electron chi connectivity index (χ0n) is 15.2. The molecule has 1 aromatic rings. The summed E-state index contributed by atoms with van der Waals surface area (Å²) in [7, 11) is 0. The van der Waals surface area contributed by atoms with E-state index in [1.807, 2.05) is 36.9 Å². The van der Waals surface area contributed by atoms with E-state index in [2.05, 4.69) is 5.16 Å². The number of oxime groups is 1. The number of aliphatic carboxylic acids is 1. The fraction of sp³-hybridized carbons (Fsp3) is 0.500. The lowest BCUT2D eigenvalue weighted by atomic mass is 9.68. The van der Waals surface area contributed by atoms with Crippen LogP contribution >= 0.6 is 0 Å². The summed E-state index contributed by atoms with van der Waals surface area (Å²) in [5.41, 5.74) is 3.34. The Bertz CT molecular complexity index is 670. The van der Waals surface area contributed by atoms with Gasteiger partial charge in [-0.2, -0.15) is 0 Å². The van der Waals surface area contributed by atoms with Crippen LogP contribution in [-0.2, 0) is 20.8 Å². The van der Waals surface area contributed by atoms with Gasteiger partial charge in [-0.05, 0) is 50.7 Å². The van der Waals surface area contributed by atoms with E-state index in [1.54, 1.807) is 0 Å². The van der Waals surface area contributed by atoms with Crippen molar-refractivity contribution in [3.63, 3.8) is 0 Å². The Kier molecular flexibility index (Phi) is 4.83. The van der Waals surface area contributed by atoms with E-state index < -0.39 is 11.6 Å². The topological polar surface area (TPSA) is 102 Å². The molecule has 2 atom stereocenters. The molecule has 0 heterocycles. The summed E-state index contributed by atoms with van der Waals surface area (Å²) >= 11 is 0. The van der Waals surface area contributed by atoms with Gasteiger partial charge in [-0.15, -0.1) is 0 Å². The lowest BCUT2D eigenvalue weighted by molar-refractivity contribution is -0.161. The summed E-state index contributed by atoms with van der Waals surface area (Å²) < 4.78 is 6.83. The largest absolute Gasteiger partial charge is 0.478 e. The number of hydrogen-bond acceptors (Lipinski definition) is 4. The molecule has 130 valence electrons. The smallest absolute Gasteiger partial charge is 0.350 e. The van der Waals surface area contributed by atoms with Crippen LogP contribution < -0.4 is 5.73 Å². The van der Waals surface area contributed by atoms with Gasteiger partial charge in [-0.3, -0.25) is 4.79 Å². The number of nitrogens with zero attached hydrogens (tertiary/aromatic N) is 1. The van der Waals surface area contributed by atoms with Crippen LogP contribution in [0.5, 0.6) is 0 Å². The minimum absolute atomic E-state index is 0.191. The zero-order valence-corrected chi connectivity index (χ0v) is 14.2. The summed E-state index contributed by atoms with van der Waals surface area (Å²) in [4.78, 5) is 27.5. The zero-order chi connectivity index (χ0) is 18.6. The van der Waals surface area contributed by atoms with E-state index in [0.717, 1.165) is 24.1 Å². The van der Waals surface area contributed by atoms with Gasteiger partial charge >= 0.3 is 5.97 Å². The number of primary amides is 1. The molecule has 0 radical (unpaired) electrons. The van der Waals surface area contributed by atoms with Crippen molar-refractivity contribution < 1.29 is 20.9 Å². The third-order valence-electron chi connectivity index (χ3n) is 4.52. The number of rotatable bonds is 7. The van der Waals surface area contributed by atoms with E-state index in [4.69, 9.17) is 11.4 Å². The Morgan fingerprint density at radius 2 is 2.04 bits per heavy atom. The maximum absolute atomic E-state index is 11.2. The molecule has 1 aliphatic carbocycles. The van der Waals surface area contributed by atoms with Gasteiger partial charge in [0.2, 0.25) is 11.5 Å². The van der Waals surface area contributed by atoms with Crippen molar-refractivity contribution in [2.45, 2.75) is 51.6 Å². The molecule has 0 bridgehead atoms. The van der Waals surface area contributed by atoms with Crippen LogP contribution in [0, 0.1) is 5.92 Å². The van der Waals surface area contributed by atoms with E-state index in [1.165, 1.54) is 19.4 Å². The number of nitrogens with two attached hydrogens (primary N) is 1. The molecule has 1 aliphatic rings. The maximum Gasteiger partial charge on any atom is 0.350 e. The molecular weight excluding hydrogens is 308 g/mol. The monoisotopic (exact) mass is 333 g/mol. The Labute approximate surface area is 143 Å². The van der Waals surface area contributed by atoms with Crippen molar-refractivity contribution >= 4 is 17.6 Å². The van der Waals surface area contributed by atoms with Crippen LogP contribution in [0.2, 0.25) is 1.41 Å². The summed E-state index contributed by atoms with van der Waals surface area (Å²) in [6, 6.07) is 7.80. The molecule has 1 saturated carbocycles. The highest BCUT2D eigenvalue weighted by Crippen LogP contribution is 2.43. The minimum atomic E-state index is -1.35. The second kappa shape index (κ2) is 7.03. The van der Waals surface area contributed by atoms with Gasteiger partial charge in [0.05, 0.1) is 12.1 Å². The highest BCUT2D eigenvalue weighted by atomic mass is 16.7. The van der Waals surface area contributed by atoms with Gasteiger partial charge < -0.3 is 15.7 Å². The quantitative estimate of drug-likeness (QED) is 0.591. The minimum Gasteiger partial charge on any atom is -0.478 e. The average molecular weight is 333 g/mol. The fourth-order valence-corrected chi connectivity index (χ4v) is 2.76. The molecule has 6 heteroatoms. The van der Waals surface area contributed by atoms with Crippen LogP contribution in [0.4, 0.5) is 0 Å². The van der Waals surface area contributed by atoms with Crippen molar-refractivity contribution in [1.82, 2.24) is 0 Å². The number of amides is 1. The number of benzene rings is 1. The van der Waals surface area contributed by atoms with Crippen molar-refractivity contribution in [2.75, 3.05) is 0 Å². The lowest BCUT2D eigenvalue weighted by Gasteiger charge is -2.37. The summed E-state index contributed by atoms with van der Waals surface area (Å²) in [5, 5.41) is 13.1. The number of hydrogen-bond donors (Lipinski definition) is 2. The molecule has 6 nitrogen and oxygen atoms in total. The summed E-state index contributed by atoms with van der Waals surface area (Å²) in [5.74, 6) is -0.844. The first-order valence-corrected chi connectivity index (χ1v) is 8.00. The Balaban J connectivity index is 2.02. The fourth-order valence-electron chi connectivity index (χ4n) is 2.76. The van der Waals surface area contributed by atoms with E-state index >= 15 is 0 Å². The first kappa shape index (κ1) is 16.5. The SMILES string of the molecule is [2H]NC(=O)Cc1ccc(C2CCC2/C(C)=N/OC(C)(C)C(=O)O)cc1. The number of carboxylic acid groups (broad SMARTS) is 1. The van der Waals surface area contributed by atoms with Crippen LogP contribution in [0.25, 0.3) is 0 Å². The van der Waals surface area contributed by atoms with Gasteiger partial charge in [0.1, 0.15) is 0 Å². The molecule has 0 aromatic heterocycles. The van der Waals surface area contributed by atoms with Crippen molar-refractivity contribution in [2.24, 2.45) is 16.8 Å². The molecule has 1 fully saturated rings. The van der Waals surface area contributed by atoms with Gasteiger partial charge in [0, 0.05) is 5.92 Å². The van der Waals surface area contributed by atoms with Crippen LogP contribution in [0.15, 0.2) is 29.4 Å². The molecule has 24 heavy (non-hydrogen) atoms. The van der Waals surface area contributed by atoms with Gasteiger partial charge in [-0.25, -0.2) is 4.79 Å². The number of carbonyl (C=O) groups excluding carboxylic acids is 1. The molecule has 3 N–H and O–H groups in total. The van der Waals surface area contributed by atoms with Gasteiger partial charge in [0.25, 0.3) is 0 Å². The molecule has 2 unspecified atom stereocenters. The number of carboxylic acids is 1. The summed E-state index contributed by atoms with van der Waals surface area (Å²) in [6.07, 6.45) is 2.21. The van der Waals surface area contributed by atoms with Crippen molar-refractivity contribution in [3.05, 3.63) is 35.4 Å². The molecule has 1 aromatic carbocycles. The third-order valence-corrected chi connectivity index (χ3v) is 4.52. The van der Waals surface area contributed by atoms with Crippen molar-refractivity contribution in [3.8, 4) is 0 Å². The number of carbonyl (C=O) groups is 2. The Morgan fingerprint density at radius 3 is 2.54 bits per heavy atom. The third kappa shape index (κ3) is 4.13. The highest BCUT2D eigenvalue weighted by molar-refractivity contribution is 5.86. The maximum atomic E-state index is 11.2. The average Bonchev–Trinajstić information content (AvgIpc) is 2.53. The van der Waals surface area contributed by atoms with Gasteiger partial charge in [0.15, 0.2) is 1.41 Å². The first-order chi connectivity index (χ1) is 11.7. The second-order valence-electron chi connectivity index (χ2n) is 6.77. The molecule has 0 spiro atoms. The van der Waals surface area contributed by atoms with E-state index in [0.29, 0.717) is 5.92 Å². The Morgan fingerprint density at radius 1 is 1.38 bits per heavy atom. The summed E-state index contributed by atoms with van der Waals surface area (Å²) in [6.45, 7) is 4.80. The van der Waals surface area contributed by atoms with Crippen molar-refractivity contribution in [1.29, 1.82) is 0 Å². The van der Waals surface area contributed by atoms with E-state index in [9.17, 15) is 9.59 Å². The standard InChI is InChI=1S/C18H24N2O4/c1-11(20-24-18(2,3)17(22)23)14-8-9-15(14)13-6-4-12(5-7-13)10-16(19)21/h4-7,14-15H,8-10H2,1-3H3,(H2,19,21)(H,22,23)/b20-11+/i/hD. The van der Waals surface area contributed by atoms with Crippen LogP contribution in [-0.4, -0.2) is 28.3 Å². The molecule has 1 amide bonds. The second-order valence-corrected chi connectivity index (χ2v) is 6.77. The van der Waals surface area contributed by atoms with Crippen LogP contribution in [0.3, 0.4) is 0 Å². The van der Waals surface area contributed by atoms with Crippen LogP contribution in [0.1, 0.15) is 50.7 Å². The van der Waals surface area contributed by atoms with E-state index in [-0.39, 0.29) is 18.2 Å². The highest BCUT2D eigenvalue weighted by Gasteiger charge is 2.35. The first-order valence-electron chi connectivity index (χ1n) is 8.50. The molecule has 0 aliphatic heterocycles. The predicted molar refractivity (Wildman–Crippen MR) is 90.7 cm³/mol. The lowest BCUT2D eigenvalue weighted by Crippen LogP contribution is -2.35. The Hall–Kier alpha value is -2.37. The molecule has 2 rings (SSSR count). The van der Waals surface area contributed by atoms with Gasteiger partial charge in [-0.1, -0.05) is 29.4 Å². The molecular formula is C18H24N2O4. The predicted octanol–water partition coefficient (Wildman–Crippen LogP) is 2.46. The normalized spacial score (nSPS) is 21.5.